The van der Waals surface area contributed by atoms with E-state index in [0.29, 0.717) is 6.61 Å². The number of likely N-dealkylation sites (N-methyl/N-ethyl adjacent to an activating group) is 1. The molecule has 10 nitrogen and oxygen atoms in total. The molecule has 1 aromatic heterocycles. The molecule has 1 aliphatic heterocycles. The number of rotatable bonds is 5. The Bertz CT molecular complexity index is 1190. The number of amidine groups is 1. The zero-order valence-electron chi connectivity index (χ0n) is 19.1. The second-order valence-corrected chi connectivity index (χ2v) is 11.0. The molecule has 2 aromatic rings. The number of benzene rings is 1. The van der Waals surface area contributed by atoms with Crippen LogP contribution in [0.1, 0.15) is 43.7 Å². The number of nitrogens with one attached hydrogen (secondary N) is 3. The van der Waals surface area contributed by atoms with Crippen LogP contribution in [0, 0.1) is 11.2 Å². The summed E-state index contributed by atoms with van der Waals surface area (Å²) >= 11 is 0. The number of sulfonamides is 1. The van der Waals surface area contributed by atoms with Gasteiger partial charge in [0.05, 0.1) is 24.5 Å². The maximum absolute atomic E-state index is 14.9. The van der Waals surface area contributed by atoms with Crippen LogP contribution in [0.15, 0.2) is 30.6 Å². The van der Waals surface area contributed by atoms with Crippen molar-refractivity contribution in [2.75, 3.05) is 25.5 Å². The van der Waals surface area contributed by atoms with E-state index >= 15 is 0 Å². The van der Waals surface area contributed by atoms with Crippen molar-refractivity contribution in [3.05, 3.63) is 47.7 Å². The average molecular weight is 479 g/mol. The minimum Gasteiger partial charge on any atom is -0.477 e. The molecule has 178 valence electrons. The smallest absolute Gasteiger partial charge is 0.275 e. The standard InChI is InChI=1S/C21H27FN6O4S/c1-6-32-17-11-24-16(10-25-17)18(29)26-13-7-8-15(22)14(9-13)21(4)12-28(5)33(30,31)20(2,3)19(23)27-21/h7-11H,6,12H2,1-5H3,(H2,23,27)(H,26,29)/t21-/m0/s1. The minimum absolute atomic E-state index is 0.0393. The van der Waals surface area contributed by atoms with E-state index in [1.165, 1.54) is 51.5 Å². The van der Waals surface area contributed by atoms with Crippen LogP contribution in [0.3, 0.4) is 0 Å². The fourth-order valence-corrected chi connectivity index (χ4v) is 5.06. The fraction of sp³-hybridized carbons (Fsp3) is 0.429. The van der Waals surface area contributed by atoms with Crippen molar-refractivity contribution in [3.63, 3.8) is 0 Å². The highest BCUT2D eigenvalue weighted by Crippen LogP contribution is 2.34. The third-order valence-electron chi connectivity index (χ3n) is 5.57. The predicted molar refractivity (Wildman–Crippen MR) is 121 cm³/mol. The number of carbonyl (C=O) groups excluding carboxylic acids is 1. The Morgan fingerprint density at radius 3 is 2.61 bits per heavy atom. The Balaban J connectivity index is 1.92. The van der Waals surface area contributed by atoms with Gasteiger partial charge >= 0.3 is 0 Å². The summed E-state index contributed by atoms with van der Waals surface area (Å²) in [7, 11) is -2.47. The van der Waals surface area contributed by atoms with Crippen LogP contribution in [0.4, 0.5) is 10.1 Å². The van der Waals surface area contributed by atoms with Crippen molar-refractivity contribution in [1.82, 2.24) is 19.6 Å². The predicted octanol–water partition coefficient (Wildman–Crippen LogP) is 2.10. The number of nitrogens with zero attached hydrogens (tertiary/aromatic N) is 3. The lowest BCUT2D eigenvalue weighted by Crippen LogP contribution is -2.51. The molecule has 0 radical (unpaired) electrons. The van der Waals surface area contributed by atoms with Gasteiger partial charge in [0.1, 0.15) is 22.1 Å². The van der Waals surface area contributed by atoms with Crippen LogP contribution in [0.2, 0.25) is 0 Å². The highest BCUT2D eigenvalue weighted by molar-refractivity contribution is 7.91. The van der Waals surface area contributed by atoms with Crippen LogP contribution in [0.25, 0.3) is 0 Å². The second-order valence-electron chi connectivity index (χ2n) is 8.43. The van der Waals surface area contributed by atoms with Crippen LogP contribution in [0.5, 0.6) is 5.88 Å². The van der Waals surface area contributed by atoms with Crippen LogP contribution < -0.4 is 15.4 Å². The highest BCUT2D eigenvalue weighted by Gasteiger charge is 2.49. The molecule has 0 aliphatic carbocycles. The second kappa shape index (κ2) is 8.67. The van der Waals surface area contributed by atoms with Crippen LogP contribution in [-0.2, 0) is 15.6 Å². The minimum atomic E-state index is -3.86. The topological polar surface area (TPSA) is 137 Å². The van der Waals surface area contributed by atoms with Crippen molar-refractivity contribution < 1.29 is 22.3 Å². The van der Waals surface area contributed by atoms with Gasteiger partial charge in [0.2, 0.25) is 15.9 Å². The summed E-state index contributed by atoms with van der Waals surface area (Å²) in [5.41, 5.74) is -0.855. The molecule has 0 spiro atoms. The quantitative estimate of drug-likeness (QED) is 0.598. The van der Waals surface area contributed by atoms with Gasteiger partial charge in [-0.15, -0.1) is 0 Å². The van der Waals surface area contributed by atoms with Gasteiger partial charge in [0.25, 0.3) is 5.91 Å². The van der Waals surface area contributed by atoms with E-state index in [1.807, 2.05) is 0 Å². The Morgan fingerprint density at radius 1 is 1.30 bits per heavy atom. The zero-order chi connectivity index (χ0) is 24.6. The van der Waals surface area contributed by atoms with E-state index in [9.17, 15) is 17.6 Å². The summed E-state index contributed by atoms with van der Waals surface area (Å²) in [6.07, 6.45) is 2.59. The third kappa shape index (κ3) is 4.53. The molecule has 0 unspecified atom stereocenters. The Morgan fingerprint density at radius 2 is 2.00 bits per heavy atom. The number of amides is 1. The molecule has 2 heterocycles. The Labute approximate surface area is 192 Å². The van der Waals surface area contributed by atoms with E-state index in [1.54, 1.807) is 13.8 Å². The van der Waals surface area contributed by atoms with Gasteiger partial charge in [-0.3, -0.25) is 10.2 Å². The number of anilines is 1. The molecule has 0 bridgehead atoms. The maximum atomic E-state index is 14.9. The first kappa shape index (κ1) is 24.5. The molecule has 1 atom stereocenters. The summed E-state index contributed by atoms with van der Waals surface area (Å²) in [5, 5.41) is 13.9. The number of ether oxygens (including phenoxy) is 1. The Kier molecular flexibility index (Phi) is 6.44. The van der Waals surface area contributed by atoms with E-state index in [0.717, 1.165) is 4.31 Å². The molecule has 3 rings (SSSR count). The van der Waals surface area contributed by atoms with Gasteiger partial charge in [-0.05, 0) is 45.9 Å². The number of carbonyl (C=O) groups is 1. The normalized spacial score (nSPS) is 22.2. The van der Waals surface area contributed by atoms with Crippen molar-refractivity contribution in [1.29, 1.82) is 5.41 Å². The van der Waals surface area contributed by atoms with Crippen LogP contribution in [-0.4, -0.2) is 59.4 Å². The molecule has 12 heteroatoms. The number of hydrogen-bond acceptors (Lipinski definition) is 7. The first-order valence-corrected chi connectivity index (χ1v) is 11.6. The lowest BCUT2D eigenvalue weighted by atomic mass is 9.90. The SMILES string of the molecule is CCOc1cnc(C(=O)Nc2ccc(F)c([C@]3(C)CN(C)S(=O)(=O)C(C)(C)C(=N)N3)c2)cn1. The summed E-state index contributed by atoms with van der Waals surface area (Å²) in [6.45, 7) is 6.54. The van der Waals surface area contributed by atoms with Gasteiger partial charge in [-0.2, -0.15) is 0 Å². The largest absolute Gasteiger partial charge is 0.477 e. The number of halogens is 1. The number of hydrogen-bond donors (Lipinski definition) is 3. The zero-order valence-corrected chi connectivity index (χ0v) is 19.9. The van der Waals surface area contributed by atoms with Gasteiger partial charge in [0.15, 0.2) is 0 Å². The monoisotopic (exact) mass is 478 g/mol. The first-order chi connectivity index (χ1) is 15.3. The summed E-state index contributed by atoms with van der Waals surface area (Å²) < 4.78 is 45.5. The molecule has 0 saturated carbocycles. The molecule has 1 fully saturated rings. The van der Waals surface area contributed by atoms with Gasteiger partial charge in [-0.1, -0.05) is 0 Å². The van der Waals surface area contributed by atoms with Crippen molar-refractivity contribution in [2.24, 2.45) is 0 Å². The summed E-state index contributed by atoms with van der Waals surface area (Å²) in [4.78, 5) is 20.6. The lowest BCUT2D eigenvalue weighted by Gasteiger charge is -2.33. The van der Waals surface area contributed by atoms with E-state index in [-0.39, 0.29) is 35.2 Å². The highest BCUT2D eigenvalue weighted by atomic mass is 32.2. The van der Waals surface area contributed by atoms with E-state index in [2.05, 4.69) is 20.6 Å². The molecule has 1 amide bonds. The molecule has 3 N–H and O–H groups in total. The van der Waals surface area contributed by atoms with Crippen molar-refractivity contribution in [3.8, 4) is 5.88 Å². The van der Waals surface area contributed by atoms with Crippen molar-refractivity contribution >= 4 is 27.5 Å². The molecular weight excluding hydrogens is 451 g/mol. The van der Waals surface area contributed by atoms with Crippen LogP contribution >= 0.6 is 0 Å². The number of aromatic nitrogens is 2. The summed E-state index contributed by atoms with van der Waals surface area (Å²) in [6, 6.07) is 3.97. The first-order valence-electron chi connectivity index (χ1n) is 10.2. The van der Waals surface area contributed by atoms with E-state index in [4.69, 9.17) is 10.1 Å². The molecule has 1 aromatic carbocycles. The van der Waals surface area contributed by atoms with Gasteiger partial charge in [0, 0.05) is 24.8 Å². The average Bonchev–Trinajstić information content (AvgIpc) is 2.79. The molecule has 1 aliphatic rings. The van der Waals surface area contributed by atoms with E-state index < -0.39 is 32.0 Å². The fourth-order valence-electron chi connectivity index (χ4n) is 3.54. The lowest BCUT2D eigenvalue weighted by molar-refractivity contribution is 0.102. The third-order valence-corrected chi connectivity index (χ3v) is 8.01. The molecular formula is C21H27FN6O4S. The molecule has 1 saturated heterocycles. The maximum Gasteiger partial charge on any atom is 0.275 e. The molecule has 33 heavy (non-hydrogen) atoms. The van der Waals surface area contributed by atoms with Gasteiger partial charge in [-0.25, -0.2) is 27.1 Å². The van der Waals surface area contributed by atoms with Gasteiger partial charge < -0.3 is 15.4 Å². The van der Waals surface area contributed by atoms with Crippen molar-refractivity contribution in [2.45, 2.75) is 38.0 Å². The summed E-state index contributed by atoms with van der Waals surface area (Å²) in [5.74, 6) is -1.14. The Hall–Kier alpha value is -3.12.